The number of nitrogens with two attached hydrogens (primary N) is 1. The van der Waals surface area contributed by atoms with Crippen molar-refractivity contribution in [3.8, 4) is 5.69 Å². The van der Waals surface area contributed by atoms with Crippen LogP contribution in [0.25, 0.3) is 16.6 Å². The van der Waals surface area contributed by atoms with Crippen molar-refractivity contribution in [1.82, 2.24) is 14.8 Å². The number of benzene rings is 1. The first-order chi connectivity index (χ1) is 9.49. The molecular formula is C15H15BrN4. The zero-order valence-electron chi connectivity index (χ0n) is 11.6. The number of halogens is 1. The quantitative estimate of drug-likeness (QED) is 0.692. The lowest BCUT2D eigenvalue weighted by atomic mass is 10.1. The van der Waals surface area contributed by atoms with Gasteiger partial charge in [-0.3, -0.25) is 4.98 Å². The van der Waals surface area contributed by atoms with Crippen LogP contribution in [0, 0.1) is 20.8 Å². The highest BCUT2D eigenvalue weighted by Gasteiger charge is 2.13. The van der Waals surface area contributed by atoms with Gasteiger partial charge in [0.2, 0.25) is 0 Å². The van der Waals surface area contributed by atoms with Gasteiger partial charge in [0.05, 0.1) is 16.9 Å². The molecule has 1 aromatic carbocycles. The Morgan fingerprint density at radius 2 is 1.95 bits per heavy atom. The molecule has 0 amide bonds. The number of aromatic nitrogens is 3. The number of nitrogens with zero attached hydrogens (tertiary/aromatic N) is 3. The molecule has 2 N–H and O–H groups in total. The zero-order valence-corrected chi connectivity index (χ0v) is 13.2. The Labute approximate surface area is 125 Å². The second kappa shape index (κ2) is 4.59. The van der Waals surface area contributed by atoms with E-state index in [1.165, 1.54) is 5.56 Å². The fourth-order valence-corrected chi connectivity index (χ4v) is 2.66. The van der Waals surface area contributed by atoms with E-state index in [2.05, 4.69) is 39.9 Å². The van der Waals surface area contributed by atoms with Crippen molar-refractivity contribution >= 4 is 32.5 Å². The van der Waals surface area contributed by atoms with E-state index in [0.717, 1.165) is 38.1 Å². The van der Waals surface area contributed by atoms with Gasteiger partial charge in [0.15, 0.2) is 0 Å². The molecule has 0 radical (unpaired) electrons. The van der Waals surface area contributed by atoms with Gasteiger partial charge in [-0.1, -0.05) is 0 Å². The minimum absolute atomic E-state index is 0.718. The summed E-state index contributed by atoms with van der Waals surface area (Å²) in [6.45, 7) is 6.16. The minimum atomic E-state index is 0.718. The van der Waals surface area contributed by atoms with Crippen LogP contribution in [0.3, 0.4) is 0 Å². The van der Waals surface area contributed by atoms with Crippen molar-refractivity contribution in [2.45, 2.75) is 20.8 Å². The predicted molar refractivity (Wildman–Crippen MR) is 85.2 cm³/mol. The van der Waals surface area contributed by atoms with Crippen molar-refractivity contribution in [3.63, 3.8) is 0 Å². The van der Waals surface area contributed by atoms with Gasteiger partial charge < -0.3 is 5.73 Å². The summed E-state index contributed by atoms with van der Waals surface area (Å²) < 4.78 is 2.85. The SMILES string of the molecule is Cc1nn(-c2ccc(N)c3cc(Br)cnc23)c(C)c1C. The van der Waals surface area contributed by atoms with E-state index >= 15 is 0 Å². The first kappa shape index (κ1) is 13.1. The van der Waals surface area contributed by atoms with Crippen molar-refractivity contribution in [2.75, 3.05) is 5.73 Å². The van der Waals surface area contributed by atoms with Gasteiger partial charge in [0, 0.05) is 27.4 Å². The predicted octanol–water partition coefficient (Wildman–Crippen LogP) is 3.69. The summed E-state index contributed by atoms with van der Waals surface area (Å²) in [5.41, 5.74) is 11.9. The van der Waals surface area contributed by atoms with E-state index in [4.69, 9.17) is 5.73 Å². The summed E-state index contributed by atoms with van der Waals surface area (Å²) in [7, 11) is 0. The Morgan fingerprint density at radius 3 is 2.60 bits per heavy atom. The molecule has 0 aliphatic heterocycles. The van der Waals surface area contributed by atoms with Gasteiger partial charge in [-0.05, 0) is 60.5 Å². The van der Waals surface area contributed by atoms with Crippen LogP contribution in [0.4, 0.5) is 5.69 Å². The number of nitrogen functional groups attached to an aromatic ring is 1. The van der Waals surface area contributed by atoms with Crippen LogP contribution >= 0.6 is 15.9 Å². The molecule has 0 aliphatic rings. The fourth-order valence-electron chi connectivity index (χ4n) is 2.33. The second-order valence-corrected chi connectivity index (χ2v) is 5.85. The Kier molecular flexibility index (Phi) is 3.01. The van der Waals surface area contributed by atoms with E-state index in [0.29, 0.717) is 0 Å². The first-order valence-electron chi connectivity index (χ1n) is 6.36. The van der Waals surface area contributed by atoms with Crippen molar-refractivity contribution < 1.29 is 0 Å². The third-order valence-corrected chi connectivity index (χ3v) is 4.14. The molecule has 0 saturated heterocycles. The van der Waals surface area contributed by atoms with E-state index in [1.54, 1.807) is 6.20 Å². The zero-order chi connectivity index (χ0) is 14.4. The largest absolute Gasteiger partial charge is 0.398 e. The maximum Gasteiger partial charge on any atom is 0.0980 e. The average Bonchev–Trinajstić information content (AvgIpc) is 2.68. The van der Waals surface area contributed by atoms with Gasteiger partial charge in [-0.15, -0.1) is 0 Å². The standard InChI is InChI=1S/C15H15BrN4/c1-8-9(2)19-20(10(8)3)14-5-4-13(17)12-6-11(16)7-18-15(12)14/h4-7H,17H2,1-3H3. The van der Waals surface area contributed by atoms with Crippen LogP contribution in [0.1, 0.15) is 17.0 Å². The molecular weight excluding hydrogens is 316 g/mol. The molecule has 3 rings (SSSR count). The molecule has 0 aliphatic carbocycles. The Bertz CT molecular complexity index is 820. The highest BCUT2D eigenvalue weighted by molar-refractivity contribution is 9.10. The van der Waals surface area contributed by atoms with Crippen LogP contribution < -0.4 is 5.73 Å². The van der Waals surface area contributed by atoms with E-state index in [-0.39, 0.29) is 0 Å². The summed E-state index contributed by atoms with van der Waals surface area (Å²) in [5, 5.41) is 5.54. The number of hydrogen-bond donors (Lipinski definition) is 1. The number of rotatable bonds is 1. The van der Waals surface area contributed by atoms with Crippen molar-refractivity contribution in [1.29, 1.82) is 0 Å². The lowest BCUT2D eigenvalue weighted by molar-refractivity contribution is 0.837. The summed E-state index contributed by atoms with van der Waals surface area (Å²) in [6, 6.07) is 5.86. The summed E-state index contributed by atoms with van der Waals surface area (Å²) in [5.74, 6) is 0. The smallest absolute Gasteiger partial charge is 0.0980 e. The monoisotopic (exact) mass is 330 g/mol. The molecule has 0 bridgehead atoms. The molecule has 2 aromatic heterocycles. The fraction of sp³-hybridized carbons (Fsp3) is 0.200. The van der Waals surface area contributed by atoms with Crippen LogP contribution in [0.15, 0.2) is 28.9 Å². The number of fused-ring (bicyclic) bond motifs is 1. The van der Waals surface area contributed by atoms with Crippen LogP contribution in [0.2, 0.25) is 0 Å². The minimum Gasteiger partial charge on any atom is -0.398 e. The number of hydrogen-bond acceptors (Lipinski definition) is 3. The molecule has 2 heterocycles. The maximum absolute atomic E-state index is 6.05. The maximum atomic E-state index is 6.05. The van der Waals surface area contributed by atoms with Gasteiger partial charge in [0.1, 0.15) is 0 Å². The molecule has 0 fully saturated rings. The normalized spacial score (nSPS) is 11.2. The molecule has 0 unspecified atom stereocenters. The topological polar surface area (TPSA) is 56.7 Å². The molecule has 0 atom stereocenters. The summed E-state index contributed by atoms with van der Waals surface area (Å²) in [4.78, 5) is 4.51. The van der Waals surface area contributed by atoms with Crippen molar-refractivity contribution in [3.05, 3.63) is 45.8 Å². The third kappa shape index (κ3) is 1.89. The summed E-state index contributed by atoms with van der Waals surface area (Å²) in [6.07, 6.45) is 1.78. The third-order valence-electron chi connectivity index (χ3n) is 3.71. The Morgan fingerprint density at radius 1 is 1.20 bits per heavy atom. The molecule has 0 saturated carbocycles. The van der Waals surface area contributed by atoms with Crippen LogP contribution in [-0.2, 0) is 0 Å². The molecule has 102 valence electrons. The average molecular weight is 331 g/mol. The van der Waals surface area contributed by atoms with Gasteiger partial charge >= 0.3 is 0 Å². The first-order valence-corrected chi connectivity index (χ1v) is 7.15. The van der Waals surface area contributed by atoms with E-state index in [1.807, 2.05) is 29.8 Å². The van der Waals surface area contributed by atoms with Crippen LogP contribution in [0.5, 0.6) is 0 Å². The molecule has 20 heavy (non-hydrogen) atoms. The van der Waals surface area contributed by atoms with Gasteiger partial charge in [-0.25, -0.2) is 4.68 Å². The molecule has 0 spiro atoms. The molecule has 5 heteroatoms. The Hall–Kier alpha value is -1.88. The lowest BCUT2D eigenvalue weighted by Crippen LogP contribution is -2.02. The number of anilines is 1. The van der Waals surface area contributed by atoms with Crippen molar-refractivity contribution in [2.24, 2.45) is 0 Å². The van der Waals surface area contributed by atoms with Gasteiger partial charge in [0.25, 0.3) is 0 Å². The van der Waals surface area contributed by atoms with Crippen LogP contribution in [-0.4, -0.2) is 14.8 Å². The van der Waals surface area contributed by atoms with E-state index in [9.17, 15) is 0 Å². The number of pyridine rings is 1. The summed E-state index contributed by atoms with van der Waals surface area (Å²) >= 11 is 3.44. The lowest BCUT2D eigenvalue weighted by Gasteiger charge is -2.10. The highest BCUT2D eigenvalue weighted by Crippen LogP contribution is 2.29. The number of aryl methyl sites for hydroxylation is 1. The second-order valence-electron chi connectivity index (χ2n) is 4.93. The van der Waals surface area contributed by atoms with Gasteiger partial charge in [-0.2, -0.15) is 5.10 Å². The molecule has 4 nitrogen and oxygen atoms in total. The van der Waals surface area contributed by atoms with E-state index < -0.39 is 0 Å². The Balaban J connectivity index is 2.37. The molecule has 3 aromatic rings. The highest BCUT2D eigenvalue weighted by atomic mass is 79.9.